The summed E-state index contributed by atoms with van der Waals surface area (Å²) in [5.41, 5.74) is 1.52. The molecule has 4 fully saturated rings. The third-order valence-corrected chi connectivity index (χ3v) is 10.2. The highest BCUT2D eigenvalue weighted by Gasteiger charge is 2.45. The fourth-order valence-electron chi connectivity index (χ4n) is 8.57. The van der Waals surface area contributed by atoms with E-state index in [-0.39, 0.29) is 41.8 Å². The van der Waals surface area contributed by atoms with Crippen LogP contribution in [0.25, 0.3) is 11.0 Å². The number of fused-ring (bicyclic) bond motifs is 5. The number of benzene rings is 1. The number of carbonyl (C=O) groups is 2. The Hall–Kier alpha value is -3.27. The van der Waals surface area contributed by atoms with Gasteiger partial charge >= 0.3 is 5.97 Å². The highest BCUT2D eigenvalue weighted by molar-refractivity contribution is 6.01. The van der Waals surface area contributed by atoms with Gasteiger partial charge in [0.1, 0.15) is 5.71 Å². The third-order valence-electron chi connectivity index (χ3n) is 10.2. The van der Waals surface area contributed by atoms with Crippen molar-refractivity contribution in [3.8, 4) is 0 Å². The molecule has 6 rings (SSSR count). The van der Waals surface area contributed by atoms with Gasteiger partial charge in [-0.25, -0.2) is 9.78 Å². The van der Waals surface area contributed by atoms with Crippen LogP contribution in [0.1, 0.15) is 95.2 Å². The zero-order chi connectivity index (χ0) is 29.2. The van der Waals surface area contributed by atoms with Gasteiger partial charge in [0.15, 0.2) is 5.69 Å². The Labute approximate surface area is 246 Å². The minimum absolute atomic E-state index is 0.0268. The molecule has 1 amide bonds. The van der Waals surface area contributed by atoms with Crippen molar-refractivity contribution in [1.29, 1.82) is 0 Å². The molecule has 2 N–H and O–H groups in total. The maximum Gasteiger partial charge on any atom is 0.344 e. The van der Waals surface area contributed by atoms with Crippen molar-refractivity contribution in [3.63, 3.8) is 0 Å². The molecule has 2 saturated carbocycles. The van der Waals surface area contributed by atoms with Crippen molar-refractivity contribution in [2.75, 3.05) is 13.7 Å². The number of oxime groups is 1. The van der Waals surface area contributed by atoms with E-state index in [0.717, 1.165) is 30.2 Å². The summed E-state index contributed by atoms with van der Waals surface area (Å²) in [6.07, 6.45) is 13.9. The average molecular weight is 578 g/mol. The van der Waals surface area contributed by atoms with Crippen LogP contribution in [0.15, 0.2) is 34.2 Å². The van der Waals surface area contributed by atoms with Crippen LogP contribution < -0.4 is 10.9 Å². The molecule has 2 aliphatic heterocycles. The Kier molecular flexibility index (Phi) is 8.60. The number of nitrogens with one attached hydrogen (secondary N) is 1. The molecule has 4 aliphatic rings. The van der Waals surface area contributed by atoms with E-state index in [4.69, 9.17) is 14.9 Å². The zero-order valence-electron chi connectivity index (χ0n) is 24.5. The molecule has 1 aromatic carbocycles. The summed E-state index contributed by atoms with van der Waals surface area (Å²) >= 11 is 0. The Balaban J connectivity index is 1.34. The monoisotopic (exact) mass is 577 g/mol. The van der Waals surface area contributed by atoms with Crippen molar-refractivity contribution in [2.45, 2.75) is 108 Å². The van der Waals surface area contributed by atoms with E-state index < -0.39 is 12.6 Å². The fourth-order valence-corrected chi connectivity index (χ4v) is 8.57. The number of piperidine rings is 2. The number of carbonyl (C=O) groups excluding carboxylic acids is 1. The van der Waals surface area contributed by atoms with Gasteiger partial charge in [-0.05, 0) is 68.9 Å². The van der Waals surface area contributed by atoms with Crippen LogP contribution in [0.3, 0.4) is 0 Å². The quantitative estimate of drug-likeness (QED) is 0.337. The maximum atomic E-state index is 14.3. The molecule has 0 radical (unpaired) electrons. The van der Waals surface area contributed by atoms with E-state index in [1.54, 1.807) is 7.05 Å². The van der Waals surface area contributed by atoms with E-state index in [1.165, 1.54) is 57.8 Å². The molecule has 2 aliphatic carbocycles. The van der Waals surface area contributed by atoms with Crippen LogP contribution in [0.2, 0.25) is 0 Å². The summed E-state index contributed by atoms with van der Waals surface area (Å²) in [5.74, 6) is 0.375. The lowest BCUT2D eigenvalue weighted by Gasteiger charge is -2.55. The van der Waals surface area contributed by atoms with Crippen LogP contribution in [-0.2, 0) is 14.4 Å². The first-order valence-electron chi connectivity index (χ1n) is 15.8. The van der Waals surface area contributed by atoms with Crippen LogP contribution in [0.4, 0.5) is 0 Å². The molecule has 226 valence electrons. The van der Waals surface area contributed by atoms with Gasteiger partial charge < -0.3 is 19.8 Å². The number of aromatic nitrogens is 2. The van der Waals surface area contributed by atoms with Gasteiger partial charge in [-0.15, -0.1) is 0 Å². The van der Waals surface area contributed by atoms with E-state index >= 15 is 0 Å². The van der Waals surface area contributed by atoms with Crippen molar-refractivity contribution < 1.29 is 19.5 Å². The zero-order valence-corrected chi connectivity index (χ0v) is 24.5. The highest BCUT2D eigenvalue weighted by atomic mass is 16.6. The number of rotatable bonds is 9. The molecule has 3 heterocycles. The van der Waals surface area contributed by atoms with Gasteiger partial charge in [0.05, 0.1) is 11.0 Å². The number of nitrogens with zero attached hydrogens (tertiary/aromatic N) is 4. The molecular formula is C32H43N5O5. The van der Waals surface area contributed by atoms with Crippen LogP contribution in [-0.4, -0.2) is 68.9 Å². The van der Waals surface area contributed by atoms with E-state index in [2.05, 4.69) is 15.4 Å². The standard InChI is InChI=1S/C32H43N5O5/c1-33-29(38)13-12-27(35-42-19-30(39)40)31-32(41)37(28-11-3-2-10-26(28)34-31)25-17-22-8-5-9-23(18-25)36(22)24-15-20-6-4-7-21(14-20)16-24/h2-3,10-11,20-25H,4-9,12-19H2,1H3,(H,33,38)(H,39,40)/b35-27+. The molecular weight excluding hydrogens is 534 g/mol. The van der Waals surface area contributed by atoms with Gasteiger partial charge in [0, 0.05) is 44.1 Å². The van der Waals surface area contributed by atoms with Crippen LogP contribution in [0.5, 0.6) is 0 Å². The largest absolute Gasteiger partial charge is 0.479 e. The number of hydrogen-bond acceptors (Lipinski definition) is 7. The summed E-state index contributed by atoms with van der Waals surface area (Å²) in [4.78, 5) is 50.1. The smallest absolute Gasteiger partial charge is 0.344 e. The molecule has 0 spiro atoms. The van der Waals surface area contributed by atoms with Gasteiger partial charge in [0.25, 0.3) is 5.56 Å². The van der Waals surface area contributed by atoms with Gasteiger partial charge in [-0.2, -0.15) is 0 Å². The first-order valence-corrected chi connectivity index (χ1v) is 15.8. The van der Waals surface area contributed by atoms with Crippen molar-refractivity contribution >= 4 is 28.6 Å². The Morgan fingerprint density at radius 3 is 2.33 bits per heavy atom. The average Bonchev–Trinajstić information content (AvgIpc) is 2.97. The molecule has 10 nitrogen and oxygen atoms in total. The normalized spacial score (nSPS) is 29.7. The summed E-state index contributed by atoms with van der Waals surface area (Å²) < 4.78 is 1.92. The lowest BCUT2D eigenvalue weighted by atomic mass is 9.68. The molecule has 2 saturated heterocycles. The van der Waals surface area contributed by atoms with Gasteiger partial charge in [-0.3, -0.25) is 14.5 Å². The lowest BCUT2D eigenvalue weighted by molar-refractivity contribution is -0.142. The summed E-state index contributed by atoms with van der Waals surface area (Å²) in [7, 11) is 1.55. The fraction of sp³-hybridized carbons (Fsp3) is 0.656. The Morgan fingerprint density at radius 1 is 0.952 bits per heavy atom. The Bertz CT molecular complexity index is 1380. The minimum Gasteiger partial charge on any atom is -0.479 e. The topological polar surface area (TPSA) is 126 Å². The van der Waals surface area contributed by atoms with Crippen LogP contribution in [0, 0.1) is 11.8 Å². The SMILES string of the molecule is CNC(=O)CC/C(=N\OCC(=O)O)c1nc2ccccc2n(C2CC3CCCC(C2)N3C2CC3CCCC(C3)C2)c1=O. The number of aliphatic carboxylic acids is 1. The molecule has 42 heavy (non-hydrogen) atoms. The first kappa shape index (κ1) is 28.8. The Morgan fingerprint density at radius 2 is 1.64 bits per heavy atom. The highest BCUT2D eigenvalue weighted by Crippen LogP contribution is 2.47. The summed E-state index contributed by atoms with van der Waals surface area (Å²) in [5, 5.41) is 15.7. The minimum atomic E-state index is -1.17. The summed E-state index contributed by atoms with van der Waals surface area (Å²) in [6.45, 7) is -0.643. The number of hydrogen-bond donors (Lipinski definition) is 2. The predicted molar refractivity (Wildman–Crippen MR) is 159 cm³/mol. The number of carboxylic acid groups (broad SMARTS) is 1. The number of amides is 1. The van der Waals surface area contributed by atoms with E-state index in [9.17, 15) is 14.4 Å². The van der Waals surface area contributed by atoms with Crippen molar-refractivity contribution in [1.82, 2.24) is 19.8 Å². The van der Waals surface area contributed by atoms with E-state index in [1.807, 2.05) is 28.8 Å². The van der Waals surface area contributed by atoms with Crippen molar-refractivity contribution in [2.24, 2.45) is 17.0 Å². The number of para-hydroxylation sites is 2. The molecule has 4 atom stereocenters. The first-order chi connectivity index (χ1) is 20.4. The van der Waals surface area contributed by atoms with Gasteiger partial charge in [0.2, 0.25) is 12.5 Å². The van der Waals surface area contributed by atoms with E-state index in [0.29, 0.717) is 23.6 Å². The van der Waals surface area contributed by atoms with Crippen molar-refractivity contribution in [3.05, 3.63) is 40.3 Å². The van der Waals surface area contributed by atoms with Gasteiger partial charge in [-0.1, -0.05) is 43.0 Å². The maximum absolute atomic E-state index is 14.3. The molecule has 1 aromatic heterocycles. The molecule has 4 bridgehead atoms. The molecule has 4 unspecified atom stereocenters. The third kappa shape index (κ3) is 5.96. The summed E-state index contributed by atoms with van der Waals surface area (Å²) in [6, 6.07) is 9.31. The van der Waals surface area contributed by atoms with Crippen LogP contribution >= 0.6 is 0 Å². The predicted octanol–water partition coefficient (Wildman–Crippen LogP) is 4.25. The number of carboxylic acids is 1. The lowest BCUT2D eigenvalue weighted by Crippen LogP contribution is -2.58. The molecule has 2 aromatic rings. The molecule has 10 heteroatoms. The second kappa shape index (κ2) is 12.5. The second-order valence-electron chi connectivity index (χ2n) is 12.8. The second-order valence-corrected chi connectivity index (χ2v) is 12.8.